The van der Waals surface area contributed by atoms with Crippen molar-refractivity contribution >= 4 is 11.7 Å². The largest absolute Gasteiger partial charge is 0.472 e. The molecule has 0 N–H and O–H groups in total. The van der Waals surface area contributed by atoms with Crippen LogP contribution in [0, 0.1) is 21.8 Å². The van der Waals surface area contributed by atoms with Gasteiger partial charge in [-0.2, -0.15) is 0 Å². The van der Waals surface area contributed by atoms with Crippen LogP contribution in [0.25, 0.3) is 0 Å². The highest BCUT2D eigenvalue weighted by molar-refractivity contribution is 5.72. The summed E-state index contributed by atoms with van der Waals surface area (Å²) in [6.45, 7) is 0. The van der Waals surface area contributed by atoms with Gasteiger partial charge in [0, 0.05) is 0 Å². The molecular weight excluding hydrogens is 283 g/mol. The minimum Gasteiger partial charge on any atom is -0.472 e. The van der Waals surface area contributed by atoms with Crippen LogP contribution in [0.15, 0.2) is 12.3 Å². The van der Waals surface area contributed by atoms with Crippen molar-refractivity contribution in [3.63, 3.8) is 0 Å². The van der Waals surface area contributed by atoms with Crippen molar-refractivity contribution in [2.45, 2.75) is 31.8 Å². The molecule has 1 heterocycles. The first kappa shape index (κ1) is 15.1. The highest BCUT2D eigenvalue weighted by Gasteiger charge is 2.28. The maximum absolute atomic E-state index is 13.7. The average Bonchev–Trinajstić information content (AvgIpc) is 2.49. The van der Waals surface area contributed by atoms with Crippen molar-refractivity contribution < 1.29 is 23.6 Å². The van der Waals surface area contributed by atoms with Crippen LogP contribution in [-0.4, -0.2) is 29.1 Å². The van der Waals surface area contributed by atoms with Crippen molar-refractivity contribution in [2.24, 2.45) is 5.92 Å². The summed E-state index contributed by atoms with van der Waals surface area (Å²) < 4.78 is 23.8. The molecule has 0 spiro atoms. The Morgan fingerprint density at radius 2 is 2.10 bits per heavy atom. The Hall–Kier alpha value is -2.25. The van der Waals surface area contributed by atoms with Gasteiger partial charge in [-0.3, -0.25) is 14.9 Å². The Morgan fingerprint density at radius 3 is 2.62 bits per heavy atom. The number of halogens is 1. The van der Waals surface area contributed by atoms with E-state index in [1.807, 2.05) is 0 Å². The standard InChI is InChI=1S/C13H15FN2O5/c1-20-13(17)8-2-4-10(5-3-8)21-12-11(14)6-9(7-15-12)16(18)19/h6-8,10H,2-5H2,1H3/t8-,10-. The maximum Gasteiger partial charge on any atom is 0.308 e. The van der Waals surface area contributed by atoms with E-state index in [4.69, 9.17) is 4.74 Å². The number of hydrogen-bond donors (Lipinski definition) is 0. The molecule has 1 aromatic rings. The number of methoxy groups -OCH3 is 1. The Kier molecular flexibility index (Phi) is 4.66. The molecule has 7 nitrogen and oxygen atoms in total. The van der Waals surface area contributed by atoms with E-state index < -0.39 is 16.4 Å². The monoisotopic (exact) mass is 298 g/mol. The van der Waals surface area contributed by atoms with Crippen molar-refractivity contribution in [1.29, 1.82) is 0 Å². The molecule has 1 aromatic heterocycles. The Labute approximate surface area is 120 Å². The molecule has 0 saturated heterocycles. The summed E-state index contributed by atoms with van der Waals surface area (Å²) in [5, 5.41) is 10.5. The van der Waals surface area contributed by atoms with Crippen LogP contribution in [0.4, 0.5) is 10.1 Å². The molecule has 0 atom stereocenters. The molecule has 0 aromatic carbocycles. The number of rotatable bonds is 4. The molecule has 1 aliphatic carbocycles. The van der Waals surface area contributed by atoms with Crippen LogP contribution in [-0.2, 0) is 9.53 Å². The fourth-order valence-electron chi connectivity index (χ4n) is 2.34. The normalized spacial score (nSPS) is 21.6. The molecule has 2 rings (SSSR count). The Bertz CT molecular complexity index is 543. The van der Waals surface area contributed by atoms with E-state index in [2.05, 4.69) is 9.72 Å². The van der Waals surface area contributed by atoms with Crippen LogP contribution >= 0.6 is 0 Å². The van der Waals surface area contributed by atoms with Crippen LogP contribution in [0.1, 0.15) is 25.7 Å². The summed E-state index contributed by atoms with van der Waals surface area (Å²) in [6.07, 6.45) is 3.07. The molecule has 0 unspecified atom stereocenters. The lowest BCUT2D eigenvalue weighted by atomic mass is 9.87. The number of nitro groups is 1. The van der Waals surface area contributed by atoms with Gasteiger partial charge in [0.1, 0.15) is 12.3 Å². The zero-order valence-electron chi connectivity index (χ0n) is 11.5. The second-order valence-corrected chi connectivity index (χ2v) is 4.85. The Morgan fingerprint density at radius 1 is 1.43 bits per heavy atom. The summed E-state index contributed by atoms with van der Waals surface area (Å²) in [5.41, 5.74) is -0.422. The summed E-state index contributed by atoms with van der Waals surface area (Å²) in [4.78, 5) is 24.8. The van der Waals surface area contributed by atoms with Crippen LogP contribution in [0.2, 0.25) is 0 Å². The predicted octanol–water partition coefficient (Wildman–Crippen LogP) is 2.24. The first-order valence-electron chi connectivity index (χ1n) is 6.55. The van der Waals surface area contributed by atoms with Crippen LogP contribution in [0.3, 0.4) is 0 Å². The smallest absolute Gasteiger partial charge is 0.308 e. The van der Waals surface area contributed by atoms with Crippen molar-refractivity contribution in [3.05, 3.63) is 28.2 Å². The SMILES string of the molecule is COC(=O)[C@H]1CC[C@H](Oc2ncc([N+](=O)[O-])cc2F)CC1. The van der Waals surface area contributed by atoms with Gasteiger partial charge in [-0.25, -0.2) is 9.37 Å². The summed E-state index contributed by atoms with van der Waals surface area (Å²) in [5.74, 6) is -1.50. The number of carbonyl (C=O) groups excluding carboxylic acids is 1. The van der Waals surface area contributed by atoms with Gasteiger partial charge in [-0.05, 0) is 25.7 Å². The quantitative estimate of drug-likeness (QED) is 0.481. The third kappa shape index (κ3) is 3.65. The topological polar surface area (TPSA) is 91.6 Å². The number of esters is 1. The lowest BCUT2D eigenvalue weighted by Gasteiger charge is -2.27. The molecule has 1 saturated carbocycles. The molecule has 21 heavy (non-hydrogen) atoms. The van der Waals surface area contributed by atoms with E-state index in [0.717, 1.165) is 12.3 Å². The molecular formula is C13H15FN2O5. The van der Waals surface area contributed by atoms with Crippen molar-refractivity contribution in [3.8, 4) is 5.88 Å². The third-order valence-electron chi connectivity index (χ3n) is 3.49. The molecule has 114 valence electrons. The highest BCUT2D eigenvalue weighted by Crippen LogP contribution is 2.29. The molecule has 0 bridgehead atoms. The average molecular weight is 298 g/mol. The van der Waals surface area contributed by atoms with Gasteiger partial charge >= 0.3 is 5.97 Å². The van der Waals surface area contributed by atoms with Gasteiger partial charge in [0.25, 0.3) is 11.6 Å². The van der Waals surface area contributed by atoms with Gasteiger partial charge in [-0.15, -0.1) is 0 Å². The number of hydrogen-bond acceptors (Lipinski definition) is 6. The van der Waals surface area contributed by atoms with Crippen molar-refractivity contribution in [1.82, 2.24) is 4.98 Å². The summed E-state index contributed by atoms with van der Waals surface area (Å²) >= 11 is 0. The summed E-state index contributed by atoms with van der Waals surface area (Å²) in [7, 11) is 1.35. The van der Waals surface area contributed by atoms with Crippen LogP contribution < -0.4 is 4.74 Å². The molecule has 0 radical (unpaired) electrons. The Balaban J connectivity index is 1.95. The minimum absolute atomic E-state index is 0.149. The molecule has 1 aliphatic rings. The third-order valence-corrected chi connectivity index (χ3v) is 3.49. The zero-order valence-corrected chi connectivity index (χ0v) is 11.5. The second kappa shape index (κ2) is 6.47. The maximum atomic E-state index is 13.7. The number of nitrogens with zero attached hydrogens (tertiary/aromatic N) is 2. The first-order valence-corrected chi connectivity index (χ1v) is 6.55. The van der Waals surface area contributed by atoms with E-state index in [1.165, 1.54) is 7.11 Å². The fourth-order valence-corrected chi connectivity index (χ4v) is 2.34. The fraction of sp³-hybridized carbons (Fsp3) is 0.538. The van der Waals surface area contributed by atoms with Gasteiger partial charge in [0.05, 0.1) is 24.0 Å². The number of ether oxygens (including phenoxy) is 2. The van der Waals surface area contributed by atoms with Gasteiger partial charge in [0.2, 0.25) is 0 Å². The zero-order chi connectivity index (χ0) is 15.4. The number of aromatic nitrogens is 1. The van der Waals surface area contributed by atoms with E-state index in [0.29, 0.717) is 25.7 Å². The highest BCUT2D eigenvalue weighted by atomic mass is 19.1. The summed E-state index contributed by atoms with van der Waals surface area (Å²) in [6, 6.07) is 0.780. The van der Waals surface area contributed by atoms with Gasteiger partial charge < -0.3 is 9.47 Å². The van der Waals surface area contributed by atoms with E-state index in [1.54, 1.807) is 0 Å². The molecule has 0 aliphatic heterocycles. The minimum atomic E-state index is -0.862. The molecule has 0 amide bonds. The number of carbonyl (C=O) groups is 1. The lowest BCUT2D eigenvalue weighted by Crippen LogP contribution is -2.29. The predicted molar refractivity (Wildman–Crippen MR) is 69.2 cm³/mol. The van der Waals surface area contributed by atoms with E-state index >= 15 is 0 Å². The van der Waals surface area contributed by atoms with Crippen LogP contribution in [0.5, 0.6) is 5.88 Å². The lowest BCUT2D eigenvalue weighted by molar-refractivity contribution is -0.385. The molecule has 1 fully saturated rings. The van der Waals surface area contributed by atoms with Crippen molar-refractivity contribution in [2.75, 3.05) is 7.11 Å². The van der Waals surface area contributed by atoms with Gasteiger partial charge in [0.15, 0.2) is 5.82 Å². The molecule has 8 heteroatoms. The van der Waals surface area contributed by atoms with E-state index in [-0.39, 0.29) is 23.9 Å². The second-order valence-electron chi connectivity index (χ2n) is 4.85. The van der Waals surface area contributed by atoms with Gasteiger partial charge in [-0.1, -0.05) is 0 Å². The van der Waals surface area contributed by atoms with E-state index in [9.17, 15) is 19.3 Å². The number of pyridine rings is 1. The first-order chi connectivity index (χ1) is 10.0.